The number of hydrogen-bond acceptors (Lipinski definition) is 4. The number of ether oxygens (including phenoxy) is 1. The SMILES string of the molecule is COc1cccc(/C=C/C(=O)NCCCNC(=O)CC#N)c1. The van der Waals surface area contributed by atoms with Crippen molar-refractivity contribution in [3.63, 3.8) is 0 Å². The lowest BCUT2D eigenvalue weighted by molar-refractivity contribution is -0.120. The van der Waals surface area contributed by atoms with Crippen LogP contribution in [-0.4, -0.2) is 32.0 Å². The van der Waals surface area contributed by atoms with E-state index in [-0.39, 0.29) is 18.2 Å². The predicted molar refractivity (Wildman–Crippen MR) is 82.9 cm³/mol. The monoisotopic (exact) mass is 301 g/mol. The molecule has 0 aromatic heterocycles. The van der Waals surface area contributed by atoms with Gasteiger partial charge in [0.2, 0.25) is 11.8 Å². The van der Waals surface area contributed by atoms with Crippen LogP contribution in [0.15, 0.2) is 30.3 Å². The van der Waals surface area contributed by atoms with Crippen molar-refractivity contribution in [1.82, 2.24) is 10.6 Å². The summed E-state index contributed by atoms with van der Waals surface area (Å²) in [5.74, 6) is 0.230. The van der Waals surface area contributed by atoms with Crippen molar-refractivity contribution in [2.75, 3.05) is 20.2 Å². The first-order valence-electron chi connectivity index (χ1n) is 6.89. The summed E-state index contributed by atoms with van der Waals surface area (Å²) in [5.41, 5.74) is 0.873. The molecule has 0 saturated carbocycles. The quantitative estimate of drug-likeness (QED) is 0.558. The van der Waals surface area contributed by atoms with Crippen molar-refractivity contribution in [2.45, 2.75) is 12.8 Å². The van der Waals surface area contributed by atoms with Crippen LogP contribution in [0.4, 0.5) is 0 Å². The lowest BCUT2D eigenvalue weighted by Gasteiger charge is -2.04. The van der Waals surface area contributed by atoms with Crippen LogP contribution in [-0.2, 0) is 9.59 Å². The van der Waals surface area contributed by atoms with Crippen molar-refractivity contribution < 1.29 is 14.3 Å². The van der Waals surface area contributed by atoms with Gasteiger partial charge in [0.25, 0.3) is 0 Å². The van der Waals surface area contributed by atoms with Crippen LogP contribution < -0.4 is 15.4 Å². The van der Waals surface area contributed by atoms with Gasteiger partial charge in [-0.2, -0.15) is 5.26 Å². The molecule has 0 unspecified atom stereocenters. The van der Waals surface area contributed by atoms with Gasteiger partial charge in [-0.25, -0.2) is 0 Å². The van der Waals surface area contributed by atoms with E-state index >= 15 is 0 Å². The highest BCUT2D eigenvalue weighted by Gasteiger charge is 1.99. The Bertz CT molecular complexity index is 576. The number of rotatable bonds is 8. The lowest BCUT2D eigenvalue weighted by atomic mass is 10.2. The molecule has 1 rings (SSSR count). The number of nitrogens with one attached hydrogen (secondary N) is 2. The van der Waals surface area contributed by atoms with Gasteiger partial charge in [0.15, 0.2) is 0 Å². The number of nitrogens with zero attached hydrogens (tertiary/aromatic N) is 1. The number of methoxy groups -OCH3 is 1. The number of nitriles is 1. The van der Waals surface area contributed by atoms with E-state index in [1.54, 1.807) is 19.3 Å². The van der Waals surface area contributed by atoms with Crippen molar-refractivity contribution in [3.8, 4) is 11.8 Å². The summed E-state index contributed by atoms with van der Waals surface area (Å²) in [5, 5.41) is 13.6. The zero-order valence-electron chi connectivity index (χ0n) is 12.5. The van der Waals surface area contributed by atoms with Gasteiger partial charge in [0, 0.05) is 19.2 Å². The summed E-state index contributed by atoms with van der Waals surface area (Å²) in [6, 6.07) is 9.15. The van der Waals surface area contributed by atoms with Gasteiger partial charge in [-0.1, -0.05) is 12.1 Å². The average Bonchev–Trinajstić information content (AvgIpc) is 2.53. The van der Waals surface area contributed by atoms with E-state index < -0.39 is 0 Å². The summed E-state index contributed by atoms with van der Waals surface area (Å²) in [4.78, 5) is 22.6. The second-order valence-corrected chi connectivity index (χ2v) is 4.44. The van der Waals surface area contributed by atoms with Crippen molar-refractivity contribution in [2.24, 2.45) is 0 Å². The van der Waals surface area contributed by atoms with Crippen molar-refractivity contribution in [1.29, 1.82) is 5.26 Å². The number of benzene rings is 1. The molecule has 0 spiro atoms. The van der Waals surface area contributed by atoms with Crippen molar-refractivity contribution >= 4 is 17.9 Å². The van der Waals surface area contributed by atoms with Crippen LogP contribution in [0.1, 0.15) is 18.4 Å². The maximum Gasteiger partial charge on any atom is 0.244 e. The van der Waals surface area contributed by atoms with Gasteiger partial charge in [-0.15, -0.1) is 0 Å². The molecule has 22 heavy (non-hydrogen) atoms. The van der Waals surface area contributed by atoms with E-state index in [1.165, 1.54) is 6.08 Å². The summed E-state index contributed by atoms with van der Waals surface area (Å²) in [7, 11) is 1.59. The van der Waals surface area contributed by atoms with E-state index in [0.717, 1.165) is 11.3 Å². The third kappa shape index (κ3) is 7.10. The molecule has 6 nitrogen and oxygen atoms in total. The van der Waals surface area contributed by atoms with Gasteiger partial charge < -0.3 is 15.4 Å². The van der Waals surface area contributed by atoms with Crippen LogP contribution in [0.2, 0.25) is 0 Å². The molecule has 116 valence electrons. The highest BCUT2D eigenvalue weighted by Crippen LogP contribution is 2.13. The number of hydrogen-bond donors (Lipinski definition) is 2. The Morgan fingerprint density at radius 3 is 2.82 bits per heavy atom. The fraction of sp³-hybridized carbons (Fsp3) is 0.312. The summed E-state index contributed by atoms with van der Waals surface area (Å²) in [6.45, 7) is 0.883. The number of amides is 2. The highest BCUT2D eigenvalue weighted by atomic mass is 16.5. The normalized spacial score (nSPS) is 10.0. The smallest absolute Gasteiger partial charge is 0.244 e. The third-order valence-corrected chi connectivity index (χ3v) is 2.74. The van der Waals surface area contributed by atoms with Crippen LogP contribution in [0.5, 0.6) is 5.75 Å². The molecular weight excluding hydrogens is 282 g/mol. The molecule has 0 fully saturated rings. The number of carbonyl (C=O) groups excluding carboxylic acids is 2. The Kier molecular flexibility index (Phi) is 7.83. The molecule has 0 saturated heterocycles. The third-order valence-electron chi connectivity index (χ3n) is 2.74. The highest BCUT2D eigenvalue weighted by molar-refractivity contribution is 5.91. The van der Waals surface area contributed by atoms with E-state index in [9.17, 15) is 9.59 Å². The van der Waals surface area contributed by atoms with Crippen LogP contribution in [0.25, 0.3) is 6.08 Å². The Morgan fingerprint density at radius 2 is 2.09 bits per heavy atom. The molecule has 0 aliphatic rings. The average molecular weight is 301 g/mol. The van der Waals surface area contributed by atoms with Crippen molar-refractivity contribution in [3.05, 3.63) is 35.9 Å². The van der Waals surface area contributed by atoms with Gasteiger partial charge in [-0.3, -0.25) is 9.59 Å². The molecule has 6 heteroatoms. The topological polar surface area (TPSA) is 91.2 Å². The van der Waals surface area contributed by atoms with Crippen LogP contribution in [0, 0.1) is 11.3 Å². The Labute approximate surface area is 129 Å². The fourth-order valence-corrected chi connectivity index (χ4v) is 1.64. The summed E-state index contributed by atoms with van der Waals surface area (Å²) < 4.78 is 5.10. The van der Waals surface area contributed by atoms with E-state index in [1.807, 2.05) is 24.3 Å². The van der Waals surface area contributed by atoms with Gasteiger partial charge in [0.1, 0.15) is 12.2 Å². The minimum atomic E-state index is -0.299. The minimum Gasteiger partial charge on any atom is -0.497 e. The van der Waals surface area contributed by atoms with Crippen LogP contribution in [0.3, 0.4) is 0 Å². The molecule has 0 radical (unpaired) electrons. The zero-order valence-corrected chi connectivity index (χ0v) is 12.5. The van der Waals surface area contributed by atoms with Crippen LogP contribution >= 0.6 is 0 Å². The predicted octanol–water partition coefficient (Wildman–Crippen LogP) is 1.24. The molecule has 1 aromatic rings. The molecule has 0 aliphatic heterocycles. The van der Waals surface area contributed by atoms with Gasteiger partial charge >= 0.3 is 0 Å². The molecule has 0 atom stereocenters. The summed E-state index contributed by atoms with van der Waals surface area (Å²) in [6.07, 6.45) is 3.61. The Hall–Kier alpha value is -2.81. The standard InChI is InChI=1S/C16H19N3O3/c1-22-14-5-2-4-13(12-14)6-7-15(20)18-10-3-11-19-16(21)8-9-17/h2,4-7,12H,3,8,10-11H2,1H3,(H,18,20)(H,19,21)/b7-6+. The largest absolute Gasteiger partial charge is 0.497 e. The van der Waals surface area contributed by atoms with Gasteiger partial charge in [0.05, 0.1) is 13.2 Å². The second kappa shape index (κ2) is 10.00. The fourth-order valence-electron chi connectivity index (χ4n) is 1.64. The molecule has 2 N–H and O–H groups in total. The molecular formula is C16H19N3O3. The maximum absolute atomic E-state index is 11.6. The molecule has 0 bridgehead atoms. The zero-order chi connectivity index (χ0) is 16.2. The molecule has 0 aliphatic carbocycles. The summed E-state index contributed by atoms with van der Waals surface area (Å²) >= 11 is 0. The Morgan fingerprint density at radius 1 is 1.32 bits per heavy atom. The maximum atomic E-state index is 11.6. The Balaban J connectivity index is 2.24. The minimum absolute atomic E-state index is 0.143. The van der Waals surface area contributed by atoms with E-state index in [0.29, 0.717) is 19.5 Å². The first-order valence-corrected chi connectivity index (χ1v) is 6.89. The van der Waals surface area contributed by atoms with E-state index in [2.05, 4.69) is 10.6 Å². The second-order valence-electron chi connectivity index (χ2n) is 4.44. The molecule has 2 amide bonds. The van der Waals surface area contributed by atoms with Gasteiger partial charge in [-0.05, 0) is 30.2 Å². The number of carbonyl (C=O) groups is 2. The van der Waals surface area contributed by atoms with E-state index in [4.69, 9.17) is 10.00 Å². The molecule has 1 aromatic carbocycles. The molecule has 0 heterocycles. The first kappa shape index (κ1) is 17.2. The first-order chi connectivity index (χ1) is 10.7. The lowest BCUT2D eigenvalue weighted by Crippen LogP contribution is -2.28.